The molecule has 0 saturated heterocycles. The van der Waals surface area contributed by atoms with E-state index in [0.717, 1.165) is 17.8 Å². The lowest BCUT2D eigenvalue weighted by molar-refractivity contribution is 0.245. The molecule has 74 valence electrons. The van der Waals surface area contributed by atoms with E-state index in [0.29, 0.717) is 0 Å². The highest BCUT2D eigenvalue weighted by atomic mass is 14.4. The second-order valence-corrected chi connectivity index (χ2v) is 5.45. The van der Waals surface area contributed by atoms with Crippen LogP contribution >= 0.6 is 0 Å². The zero-order valence-corrected chi connectivity index (χ0v) is 9.64. The van der Waals surface area contributed by atoms with Crippen LogP contribution in [0.3, 0.4) is 0 Å². The van der Waals surface area contributed by atoms with Crippen LogP contribution in [0.4, 0.5) is 0 Å². The summed E-state index contributed by atoms with van der Waals surface area (Å²) in [5.41, 5.74) is 0. The molecule has 1 fully saturated rings. The summed E-state index contributed by atoms with van der Waals surface area (Å²) in [5.74, 6) is 2.46. The first-order valence-corrected chi connectivity index (χ1v) is 5.75. The minimum Gasteiger partial charge on any atom is -0.0683 e. The fraction of sp³-hybridized carbons (Fsp3) is 1.00. The summed E-state index contributed by atoms with van der Waals surface area (Å²) in [6.45, 7) is 9.04. The van der Waals surface area contributed by atoms with Gasteiger partial charge in [0.25, 0.3) is 0 Å². The molecule has 3 unspecified atom stereocenters. The fourth-order valence-electron chi connectivity index (χ4n) is 3.34. The highest BCUT2D eigenvalue weighted by Crippen LogP contribution is 2.50. The van der Waals surface area contributed by atoms with Gasteiger partial charge in [-0.15, -0.1) is 0 Å². The summed E-state index contributed by atoms with van der Waals surface area (Å²) in [4.78, 5) is 0. The van der Waals surface area contributed by atoms with Crippen molar-refractivity contribution < 1.29 is 0 Å². The Bertz CT molecular complexity index is 155. The monoisotopic (exact) mass is 178 g/mol. The van der Waals surface area contributed by atoms with Crippen LogP contribution in [0.25, 0.3) is 0 Å². The van der Waals surface area contributed by atoms with E-state index in [1.165, 1.54) is 25.7 Å². The van der Waals surface area contributed by atoms with Gasteiger partial charge < -0.3 is 0 Å². The molecule has 0 aromatic heterocycles. The van der Waals surface area contributed by atoms with Crippen molar-refractivity contribution in [3.8, 4) is 0 Å². The maximum atomic E-state index is 6.25. The Balaban J connectivity index is 2.65. The summed E-state index contributed by atoms with van der Waals surface area (Å²) in [6.07, 6.45) is 5.47. The van der Waals surface area contributed by atoms with Crippen LogP contribution in [0.2, 0.25) is 5.31 Å². The Kier molecular flexibility index (Phi) is 3.48. The van der Waals surface area contributed by atoms with E-state index in [1.807, 2.05) is 0 Å². The predicted octanol–water partition coefficient (Wildman–Crippen LogP) is 3.82. The molecule has 13 heavy (non-hydrogen) atoms. The normalized spacial score (nSPS) is 35.2. The molecule has 0 spiro atoms. The van der Waals surface area contributed by atoms with Crippen LogP contribution in [0.15, 0.2) is 0 Å². The van der Waals surface area contributed by atoms with Gasteiger partial charge in [0.1, 0.15) is 0 Å². The quantitative estimate of drug-likeness (QED) is 0.576. The molecule has 0 amide bonds. The minimum atomic E-state index is 0.0236. The Hall–Kier alpha value is 0.0649. The lowest BCUT2D eigenvalue weighted by Gasteiger charge is -2.36. The summed E-state index contributed by atoms with van der Waals surface area (Å²) in [6, 6.07) is 0. The standard InChI is InChI=1S/C12H23B/c1-5-6-10-8-7-9(2)11(10)12(3,4)13/h9-11H,5-8H2,1-4H3. The third-order valence-corrected chi connectivity index (χ3v) is 3.63. The third-order valence-electron chi connectivity index (χ3n) is 3.63. The van der Waals surface area contributed by atoms with Gasteiger partial charge in [-0.1, -0.05) is 52.3 Å². The van der Waals surface area contributed by atoms with E-state index in [1.54, 1.807) is 0 Å². The van der Waals surface area contributed by atoms with E-state index in [-0.39, 0.29) is 5.31 Å². The zero-order chi connectivity index (χ0) is 10.1. The summed E-state index contributed by atoms with van der Waals surface area (Å²) in [5, 5.41) is 0.0236. The van der Waals surface area contributed by atoms with E-state index in [9.17, 15) is 0 Å². The Morgan fingerprint density at radius 2 is 1.92 bits per heavy atom. The van der Waals surface area contributed by atoms with Crippen molar-refractivity contribution in [3.63, 3.8) is 0 Å². The van der Waals surface area contributed by atoms with Crippen LogP contribution < -0.4 is 0 Å². The van der Waals surface area contributed by atoms with Gasteiger partial charge in [0.05, 0.1) is 7.85 Å². The lowest BCUT2D eigenvalue weighted by Crippen LogP contribution is -2.25. The van der Waals surface area contributed by atoms with Gasteiger partial charge in [-0.3, -0.25) is 0 Å². The second kappa shape index (κ2) is 4.06. The first-order valence-electron chi connectivity index (χ1n) is 5.75. The predicted molar refractivity (Wildman–Crippen MR) is 60.1 cm³/mol. The van der Waals surface area contributed by atoms with Gasteiger partial charge in [-0.25, -0.2) is 0 Å². The number of hydrogen-bond donors (Lipinski definition) is 0. The molecule has 0 aromatic rings. The van der Waals surface area contributed by atoms with Gasteiger partial charge in [0.15, 0.2) is 0 Å². The zero-order valence-electron chi connectivity index (χ0n) is 9.64. The van der Waals surface area contributed by atoms with E-state index in [2.05, 4.69) is 27.7 Å². The molecule has 0 aromatic carbocycles. The van der Waals surface area contributed by atoms with Crippen LogP contribution in [0.1, 0.15) is 53.4 Å². The molecule has 0 N–H and O–H groups in total. The summed E-state index contributed by atoms with van der Waals surface area (Å²) < 4.78 is 0. The molecule has 2 radical (unpaired) electrons. The van der Waals surface area contributed by atoms with E-state index < -0.39 is 0 Å². The maximum Gasteiger partial charge on any atom is 0.0742 e. The molecule has 1 rings (SSSR count). The molecular formula is C12H23B. The highest BCUT2D eigenvalue weighted by Gasteiger charge is 2.39. The largest absolute Gasteiger partial charge is 0.0742 e. The summed E-state index contributed by atoms with van der Waals surface area (Å²) >= 11 is 0. The van der Waals surface area contributed by atoms with Crippen molar-refractivity contribution in [2.24, 2.45) is 17.8 Å². The third kappa shape index (κ3) is 2.51. The van der Waals surface area contributed by atoms with Crippen molar-refractivity contribution in [2.75, 3.05) is 0 Å². The van der Waals surface area contributed by atoms with Gasteiger partial charge >= 0.3 is 0 Å². The van der Waals surface area contributed by atoms with Gasteiger partial charge in [-0.2, -0.15) is 0 Å². The minimum absolute atomic E-state index is 0.0236. The molecular weight excluding hydrogens is 155 g/mol. The average Bonchev–Trinajstić information content (AvgIpc) is 2.31. The molecule has 3 atom stereocenters. The van der Waals surface area contributed by atoms with Crippen LogP contribution in [-0.4, -0.2) is 7.85 Å². The molecule has 1 saturated carbocycles. The lowest BCUT2D eigenvalue weighted by atomic mass is 9.58. The smallest absolute Gasteiger partial charge is 0.0683 e. The molecule has 0 nitrogen and oxygen atoms in total. The van der Waals surface area contributed by atoms with E-state index in [4.69, 9.17) is 7.85 Å². The molecule has 1 aliphatic carbocycles. The van der Waals surface area contributed by atoms with Crippen molar-refractivity contribution in [1.29, 1.82) is 0 Å². The van der Waals surface area contributed by atoms with Gasteiger partial charge in [-0.05, 0) is 24.2 Å². The Labute approximate surface area is 84.9 Å². The molecule has 1 heteroatoms. The van der Waals surface area contributed by atoms with Crippen LogP contribution in [0.5, 0.6) is 0 Å². The molecule has 1 aliphatic rings. The summed E-state index contributed by atoms with van der Waals surface area (Å²) in [7, 11) is 6.25. The first-order chi connectivity index (χ1) is 5.96. The van der Waals surface area contributed by atoms with Crippen molar-refractivity contribution >= 4 is 7.85 Å². The van der Waals surface area contributed by atoms with Gasteiger partial charge in [0.2, 0.25) is 0 Å². The topological polar surface area (TPSA) is 0 Å². The van der Waals surface area contributed by atoms with Gasteiger partial charge in [0, 0.05) is 0 Å². The SMILES string of the molecule is [B]C(C)(C)C1C(C)CCC1CCC. The fourth-order valence-corrected chi connectivity index (χ4v) is 3.34. The molecule has 0 heterocycles. The van der Waals surface area contributed by atoms with Crippen molar-refractivity contribution in [2.45, 2.75) is 58.7 Å². The van der Waals surface area contributed by atoms with Crippen molar-refractivity contribution in [1.82, 2.24) is 0 Å². The molecule has 0 bridgehead atoms. The van der Waals surface area contributed by atoms with Crippen LogP contribution in [0, 0.1) is 17.8 Å². The maximum absolute atomic E-state index is 6.25. The highest BCUT2D eigenvalue weighted by molar-refractivity contribution is 6.14. The average molecular weight is 178 g/mol. The molecule has 0 aliphatic heterocycles. The van der Waals surface area contributed by atoms with Crippen molar-refractivity contribution in [3.05, 3.63) is 0 Å². The van der Waals surface area contributed by atoms with E-state index >= 15 is 0 Å². The second-order valence-electron chi connectivity index (χ2n) is 5.45. The number of hydrogen-bond acceptors (Lipinski definition) is 0. The Morgan fingerprint density at radius 3 is 2.38 bits per heavy atom. The van der Waals surface area contributed by atoms with Crippen LogP contribution in [-0.2, 0) is 0 Å². The first kappa shape index (κ1) is 11.1. The Morgan fingerprint density at radius 1 is 1.31 bits per heavy atom. The number of rotatable bonds is 3.